The van der Waals surface area contributed by atoms with E-state index in [1.54, 1.807) is 11.8 Å². The maximum Gasteiger partial charge on any atom is 0.192 e. The fourth-order valence-corrected chi connectivity index (χ4v) is 6.90. The van der Waals surface area contributed by atoms with E-state index in [2.05, 4.69) is 68.5 Å². The highest BCUT2D eigenvalue weighted by Crippen LogP contribution is 2.43. The number of aliphatic imine (C=N–C) groups is 1. The van der Waals surface area contributed by atoms with Gasteiger partial charge in [-0.3, -0.25) is 4.98 Å². The minimum atomic E-state index is 0.0760. The molecule has 8 heteroatoms. The van der Waals surface area contributed by atoms with Crippen molar-refractivity contribution in [2.45, 2.75) is 62.8 Å². The largest absolute Gasteiger partial charge is 0.466 e. The van der Waals surface area contributed by atoms with Crippen LogP contribution in [0.1, 0.15) is 44.2 Å². The number of aryl methyl sites for hydroxylation is 1. The first kappa shape index (κ1) is 24.1. The molecular weight excluding hydrogens is 492 g/mol. The second kappa shape index (κ2) is 9.97. The Hall–Kier alpha value is -2.97. The molecule has 1 N–H and O–H groups in total. The van der Waals surface area contributed by atoms with Crippen molar-refractivity contribution in [3.8, 4) is 11.4 Å². The molecule has 0 amide bonds. The van der Waals surface area contributed by atoms with Gasteiger partial charge in [-0.2, -0.15) is 0 Å². The van der Waals surface area contributed by atoms with Crippen molar-refractivity contribution in [2.75, 3.05) is 12.3 Å². The number of benzene rings is 1. The van der Waals surface area contributed by atoms with Gasteiger partial charge in [0.25, 0.3) is 0 Å². The molecule has 7 rings (SSSR count). The monoisotopic (exact) mass is 526 g/mol. The average Bonchev–Trinajstić information content (AvgIpc) is 3.63. The van der Waals surface area contributed by atoms with Gasteiger partial charge in [-0.1, -0.05) is 42.1 Å². The molecule has 4 heterocycles. The van der Waals surface area contributed by atoms with Gasteiger partial charge in [-0.05, 0) is 69.1 Å². The summed E-state index contributed by atoms with van der Waals surface area (Å²) in [5.41, 5.74) is 5.70. The molecule has 3 aromatic rings. The molecule has 0 radical (unpaired) electrons. The third-order valence-corrected chi connectivity index (χ3v) is 9.35. The zero-order valence-electron chi connectivity index (χ0n) is 22.1. The highest BCUT2D eigenvalue weighted by molar-refractivity contribution is 7.99. The predicted octanol–water partition coefficient (Wildman–Crippen LogP) is 5.61. The summed E-state index contributed by atoms with van der Waals surface area (Å²) in [6.45, 7) is 2.94. The van der Waals surface area contributed by atoms with E-state index in [1.807, 2.05) is 13.0 Å². The fraction of sp³-hybridized carbons (Fsp3) is 0.467. The number of pyridine rings is 1. The Kier molecular flexibility index (Phi) is 6.32. The number of aromatic nitrogens is 4. The number of nitrogens with one attached hydrogen (secondary N) is 1. The number of hydrogen-bond acceptors (Lipinski definition) is 7. The molecule has 0 bridgehead atoms. The second-order valence-corrected chi connectivity index (χ2v) is 12.1. The number of ether oxygens (including phenoxy) is 1. The molecule has 1 fully saturated rings. The van der Waals surface area contributed by atoms with Gasteiger partial charge in [0.15, 0.2) is 23.0 Å². The van der Waals surface area contributed by atoms with Gasteiger partial charge >= 0.3 is 0 Å². The van der Waals surface area contributed by atoms with Gasteiger partial charge in [0.1, 0.15) is 0 Å². The summed E-state index contributed by atoms with van der Waals surface area (Å²) in [5, 5.41) is 14.9. The fourth-order valence-electron chi connectivity index (χ4n) is 6.03. The topological polar surface area (TPSA) is 77.2 Å². The standard InChI is InChI=1S/C30H34N6OS/c1-18-8-12-23-24(6-3-7-25(23)32-18)28-34-35-30(36(28)2)38-16-4-5-21-17-20-11-13-26-27(22(20)14-15-31-21)37-29(33-26)19-9-10-19/h3,6-8,12-14,19-21,27,31H,4-5,9-11,15-17H2,1-2H3. The van der Waals surface area contributed by atoms with Crippen molar-refractivity contribution in [3.05, 3.63) is 59.4 Å². The van der Waals surface area contributed by atoms with Crippen LogP contribution in [0.3, 0.4) is 0 Å². The van der Waals surface area contributed by atoms with Gasteiger partial charge in [0.05, 0.1) is 11.2 Å². The summed E-state index contributed by atoms with van der Waals surface area (Å²) < 4.78 is 8.45. The highest BCUT2D eigenvalue weighted by Gasteiger charge is 2.41. The number of allylic oxidation sites excluding steroid dienone is 1. The molecule has 38 heavy (non-hydrogen) atoms. The summed E-state index contributed by atoms with van der Waals surface area (Å²) >= 11 is 1.80. The van der Waals surface area contributed by atoms with E-state index in [0.29, 0.717) is 17.9 Å². The van der Waals surface area contributed by atoms with Gasteiger partial charge < -0.3 is 14.6 Å². The zero-order valence-corrected chi connectivity index (χ0v) is 22.9. The first-order valence-electron chi connectivity index (χ1n) is 13.9. The molecule has 1 saturated carbocycles. The lowest BCUT2D eigenvalue weighted by Crippen LogP contribution is -2.31. The first-order valence-corrected chi connectivity index (χ1v) is 14.9. The van der Waals surface area contributed by atoms with Crippen molar-refractivity contribution >= 4 is 28.6 Å². The molecule has 7 nitrogen and oxygen atoms in total. The minimum absolute atomic E-state index is 0.0760. The summed E-state index contributed by atoms with van der Waals surface area (Å²) in [7, 11) is 2.06. The lowest BCUT2D eigenvalue weighted by atomic mass is 9.81. The second-order valence-electron chi connectivity index (χ2n) is 11.0. The van der Waals surface area contributed by atoms with Gasteiger partial charge in [-0.15, -0.1) is 10.2 Å². The lowest BCUT2D eigenvalue weighted by Gasteiger charge is -2.29. The summed E-state index contributed by atoms with van der Waals surface area (Å²) in [6, 6.07) is 10.9. The van der Waals surface area contributed by atoms with Crippen LogP contribution in [0.4, 0.5) is 0 Å². The van der Waals surface area contributed by atoms with Gasteiger partial charge in [0.2, 0.25) is 0 Å². The Morgan fingerprint density at radius 2 is 2.03 bits per heavy atom. The van der Waals surface area contributed by atoms with Crippen molar-refractivity contribution in [1.82, 2.24) is 25.1 Å². The smallest absolute Gasteiger partial charge is 0.192 e. The van der Waals surface area contributed by atoms with Crippen LogP contribution in [0, 0.1) is 18.8 Å². The van der Waals surface area contributed by atoms with Crippen LogP contribution in [-0.2, 0) is 11.8 Å². The van der Waals surface area contributed by atoms with E-state index in [1.165, 1.54) is 24.8 Å². The number of thioether (sulfide) groups is 1. The van der Waals surface area contributed by atoms with E-state index in [0.717, 1.165) is 76.3 Å². The van der Waals surface area contributed by atoms with E-state index in [9.17, 15) is 0 Å². The van der Waals surface area contributed by atoms with Crippen LogP contribution in [0.15, 0.2) is 63.9 Å². The van der Waals surface area contributed by atoms with Crippen LogP contribution in [0.5, 0.6) is 0 Å². The number of hydrogen-bond donors (Lipinski definition) is 1. The predicted molar refractivity (Wildman–Crippen MR) is 152 cm³/mol. The van der Waals surface area contributed by atoms with Crippen LogP contribution in [0.25, 0.3) is 22.3 Å². The molecule has 2 aliphatic carbocycles. The van der Waals surface area contributed by atoms with E-state index in [4.69, 9.17) is 9.73 Å². The van der Waals surface area contributed by atoms with Crippen molar-refractivity contribution in [3.63, 3.8) is 0 Å². The third-order valence-electron chi connectivity index (χ3n) is 8.25. The van der Waals surface area contributed by atoms with Gasteiger partial charge in [0, 0.05) is 47.9 Å². The normalized spacial score (nSPS) is 24.7. The quantitative estimate of drug-likeness (QED) is 0.245. The summed E-state index contributed by atoms with van der Waals surface area (Å²) in [5.74, 6) is 4.05. The zero-order chi connectivity index (χ0) is 25.6. The molecule has 4 aliphatic rings. The molecule has 196 valence electrons. The van der Waals surface area contributed by atoms with Gasteiger partial charge in [-0.25, -0.2) is 4.99 Å². The SMILES string of the molecule is Cc1ccc2c(-c3nnc(SCCCC4CC5CC=C6N=C(C7CC7)OC6C5=CCN4)n3C)cccc2n1. The Labute approximate surface area is 227 Å². The number of rotatable bonds is 7. The maximum absolute atomic E-state index is 6.33. The molecule has 1 aromatic carbocycles. The van der Waals surface area contributed by atoms with Crippen LogP contribution >= 0.6 is 11.8 Å². The van der Waals surface area contributed by atoms with Crippen molar-refractivity contribution in [2.24, 2.45) is 23.9 Å². The maximum atomic E-state index is 6.33. The number of nitrogens with zero attached hydrogens (tertiary/aromatic N) is 5. The van der Waals surface area contributed by atoms with E-state index >= 15 is 0 Å². The Bertz CT molecular complexity index is 1470. The molecule has 2 aliphatic heterocycles. The average molecular weight is 527 g/mol. The Morgan fingerprint density at radius 3 is 2.92 bits per heavy atom. The molecule has 3 atom stereocenters. The van der Waals surface area contributed by atoms with E-state index in [-0.39, 0.29) is 6.10 Å². The third kappa shape index (κ3) is 4.58. The minimum Gasteiger partial charge on any atom is -0.466 e. The Balaban J connectivity index is 0.946. The van der Waals surface area contributed by atoms with Crippen molar-refractivity contribution < 1.29 is 4.74 Å². The highest BCUT2D eigenvalue weighted by atomic mass is 32.2. The first-order chi connectivity index (χ1) is 18.6. The molecule has 3 unspecified atom stereocenters. The molecule has 2 aromatic heterocycles. The molecule has 0 spiro atoms. The van der Waals surface area contributed by atoms with E-state index < -0.39 is 0 Å². The molecular formula is C30H34N6OS. The number of fused-ring (bicyclic) bond motifs is 4. The summed E-state index contributed by atoms with van der Waals surface area (Å²) in [6.07, 6.45) is 11.8. The molecule has 0 saturated heterocycles. The summed E-state index contributed by atoms with van der Waals surface area (Å²) in [4.78, 5) is 9.50. The van der Waals surface area contributed by atoms with Crippen LogP contribution < -0.4 is 5.32 Å². The van der Waals surface area contributed by atoms with Crippen LogP contribution in [-0.4, -0.2) is 50.1 Å². The Morgan fingerprint density at radius 1 is 1.11 bits per heavy atom. The van der Waals surface area contributed by atoms with Crippen molar-refractivity contribution in [1.29, 1.82) is 0 Å². The van der Waals surface area contributed by atoms with Crippen LogP contribution in [0.2, 0.25) is 0 Å². The lowest BCUT2D eigenvalue weighted by molar-refractivity contribution is 0.243.